The molecule has 4 aromatic heterocycles. The van der Waals surface area contributed by atoms with Crippen LogP contribution in [0.25, 0.3) is 22.2 Å². The fraction of sp³-hybridized carbons (Fsp3) is 0.0667. The molecular weight excluding hydrogens is 278 g/mol. The van der Waals surface area contributed by atoms with Crippen molar-refractivity contribution < 1.29 is 0 Å². The molecule has 0 aliphatic rings. The van der Waals surface area contributed by atoms with Crippen LogP contribution in [0.4, 0.5) is 11.6 Å². The van der Waals surface area contributed by atoms with Crippen molar-refractivity contribution in [2.24, 2.45) is 7.05 Å². The molecule has 22 heavy (non-hydrogen) atoms. The van der Waals surface area contributed by atoms with E-state index in [0.717, 1.165) is 33.8 Å². The van der Waals surface area contributed by atoms with Gasteiger partial charge in [0.1, 0.15) is 11.6 Å². The molecule has 0 saturated carbocycles. The maximum absolute atomic E-state index is 4.59. The molecule has 0 spiro atoms. The van der Waals surface area contributed by atoms with Crippen LogP contribution in [0.5, 0.6) is 0 Å². The molecule has 0 bridgehead atoms. The third-order valence-corrected chi connectivity index (χ3v) is 3.34. The minimum absolute atomic E-state index is 0.738. The molecule has 0 aliphatic heterocycles. The zero-order chi connectivity index (χ0) is 14.9. The van der Waals surface area contributed by atoms with E-state index in [1.54, 1.807) is 10.9 Å². The lowest BCUT2D eigenvalue weighted by Crippen LogP contribution is -1.95. The maximum Gasteiger partial charge on any atom is 0.132 e. The van der Waals surface area contributed by atoms with Gasteiger partial charge in [0.2, 0.25) is 0 Å². The van der Waals surface area contributed by atoms with Crippen molar-refractivity contribution in [3.05, 3.63) is 49.1 Å². The quantitative estimate of drug-likeness (QED) is 0.606. The van der Waals surface area contributed by atoms with Gasteiger partial charge in [-0.1, -0.05) is 0 Å². The fourth-order valence-corrected chi connectivity index (χ4v) is 2.27. The first kappa shape index (κ1) is 12.5. The highest BCUT2D eigenvalue weighted by atomic mass is 15.2. The summed E-state index contributed by atoms with van der Waals surface area (Å²) >= 11 is 0. The van der Waals surface area contributed by atoms with Gasteiger partial charge in [0.25, 0.3) is 0 Å². The smallest absolute Gasteiger partial charge is 0.132 e. The molecule has 108 valence electrons. The number of hydrogen-bond acceptors (Lipinski definition) is 5. The van der Waals surface area contributed by atoms with E-state index in [2.05, 4.69) is 30.6 Å². The van der Waals surface area contributed by atoms with Crippen LogP contribution in [0.3, 0.4) is 0 Å². The van der Waals surface area contributed by atoms with Crippen molar-refractivity contribution in [2.45, 2.75) is 0 Å². The average molecular weight is 291 g/mol. The number of fused-ring (bicyclic) bond motifs is 1. The zero-order valence-electron chi connectivity index (χ0n) is 11.9. The summed E-state index contributed by atoms with van der Waals surface area (Å²) in [5.74, 6) is 1.53. The van der Waals surface area contributed by atoms with Gasteiger partial charge in [-0.2, -0.15) is 10.2 Å². The van der Waals surface area contributed by atoms with Crippen LogP contribution in [0.1, 0.15) is 0 Å². The van der Waals surface area contributed by atoms with Crippen LogP contribution >= 0.6 is 0 Å². The summed E-state index contributed by atoms with van der Waals surface area (Å²) in [5, 5.41) is 14.1. The first-order valence-electron chi connectivity index (χ1n) is 6.80. The number of aromatic nitrogens is 6. The summed E-state index contributed by atoms with van der Waals surface area (Å²) in [5.41, 5.74) is 3.69. The van der Waals surface area contributed by atoms with Crippen LogP contribution in [0, 0.1) is 0 Å². The van der Waals surface area contributed by atoms with E-state index in [4.69, 9.17) is 0 Å². The van der Waals surface area contributed by atoms with E-state index in [1.807, 2.05) is 49.9 Å². The Morgan fingerprint density at radius 2 is 2.05 bits per heavy atom. The van der Waals surface area contributed by atoms with Crippen LogP contribution in [-0.2, 0) is 7.05 Å². The molecule has 0 fully saturated rings. The van der Waals surface area contributed by atoms with Gasteiger partial charge in [-0.25, -0.2) is 4.98 Å². The van der Waals surface area contributed by atoms with Crippen molar-refractivity contribution in [1.29, 1.82) is 0 Å². The van der Waals surface area contributed by atoms with Gasteiger partial charge in [-0.15, -0.1) is 0 Å². The van der Waals surface area contributed by atoms with Crippen molar-refractivity contribution >= 4 is 22.7 Å². The predicted molar refractivity (Wildman–Crippen MR) is 83.6 cm³/mol. The maximum atomic E-state index is 4.59. The number of hydrogen-bond donors (Lipinski definition) is 2. The van der Waals surface area contributed by atoms with Crippen molar-refractivity contribution in [3.8, 4) is 11.1 Å². The Labute approximate surface area is 126 Å². The van der Waals surface area contributed by atoms with Gasteiger partial charge < -0.3 is 5.32 Å². The lowest BCUT2D eigenvalue weighted by molar-refractivity contribution is 0.768. The highest BCUT2D eigenvalue weighted by molar-refractivity contribution is 5.81. The normalized spacial score (nSPS) is 11.0. The second-order valence-corrected chi connectivity index (χ2v) is 4.96. The molecule has 0 saturated heterocycles. The molecule has 0 amide bonds. The highest BCUT2D eigenvalue weighted by Crippen LogP contribution is 2.22. The van der Waals surface area contributed by atoms with E-state index < -0.39 is 0 Å². The van der Waals surface area contributed by atoms with Crippen LogP contribution in [0.2, 0.25) is 0 Å². The first-order valence-corrected chi connectivity index (χ1v) is 6.80. The minimum Gasteiger partial charge on any atom is -0.325 e. The average Bonchev–Trinajstić information content (AvgIpc) is 3.18. The van der Waals surface area contributed by atoms with Crippen LogP contribution in [0.15, 0.2) is 49.1 Å². The van der Waals surface area contributed by atoms with Gasteiger partial charge in [0, 0.05) is 36.6 Å². The third kappa shape index (κ3) is 2.28. The Bertz CT molecular complexity index is 924. The third-order valence-electron chi connectivity index (χ3n) is 3.34. The topological polar surface area (TPSA) is 84.3 Å². The van der Waals surface area contributed by atoms with E-state index in [-0.39, 0.29) is 0 Å². The van der Waals surface area contributed by atoms with Crippen molar-refractivity contribution in [1.82, 2.24) is 29.9 Å². The number of aromatic amines is 1. The number of rotatable bonds is 3. The molecular formula is C15H13N7. The molecule has 4 heterocycles. The Kier molecular flexibility index (Phi) is 2.82. The Morgan fingerprint density at radius 1 is 1.09 bits per heavy atom. The minimum atomic E-state index is 0.738. The summed E-state index contributed by atoms with van der Waals surface area (Å²) in [7, 11) is 1.89. The molecule has 7 heteroatoms. The number of nitrogens with one attached hydrogen (secondary N) is 2. The molecule has 4 rings (SSSR count). The lowest BCUT2D eigenvalue weighted by Gasteiger charge is -2.05. The second kappa shape index (κ2) is 4.96. The van der Waals surface area contributed by atoms with Gasteiger partial charge in [-0.3, -0.25) is 14.8 Å². The van der Waals surface area contributed by atoms with E-state index in [9.17, 15) is 0 Å². The summed E-state index contributed by atoms with van der Waals surface area (Å²) < 4.78 is 1.77. The lowest BCUT2D eigenvalue weighted by atomic mass is 10.1. The standard InChI is InChI=1S/C15H13N7/c1-22-9-11(8-18-22)10-6-13-12(16-7-10)2-3-14(19-13)20-15-4-5-17-21-15/h2-9H,1H3,(H2,17,19,20,21). The Hall–Kier alpha value is -3.22. The molecule has 0 atom stereocenters. The summed E-state index contributed by atoms with van der Waals surface area (Å²) in [6, 6.07) is 7.68. The van der Waals surface area contributed by atoms with Gasteiger partial charge in [0.15, 0.2) is 0 Å². The zero-order valence-corrected chi connectivity index (χ0v) is 11.9. The van der Waals surface area contributed by atoms with E-state index in [0.29, 0.717) is 0 Å². The molecule has 0 aromatic carbocycles. The van der Waals surface area contributed by atoms with Gasteiger partial charge >= 0.3 is 0 Å². The van der Waals surface area contributed by atoms with Crippen LogP contribution in [-0.4, -0.2) is 29.9 Å². The SMILES string of the molecule is Cn1cc(-c2cnc3ccc(Nc4ccn[nH]4)nc3c2)cn1. The molecule has 0 unspecified atom stereocenters. The van der Waals surface area contributed by atoms with E-state index >= 15 is 0 Å². The fourth-order valence-electron chi connectivity index (χ4n) is 2.27. The van der Waals surface area contributed by atoms with E-state index in [1.165, 1.54) is 0 Å². The second-order valence-electron chi connectivity index (χ2n) is 4.96. The number of H-pyrrole nitrogens is 1. The number of nitrogens with zero attached hydrogens (tertiary/aromatic N) is 5. The number of aryl methyl sites for hydroxylation is 1. The van der Waals surface area contributed by atoms with Crippen molar-refractivity contribution in [3.63, 3.8) is 0 Å². The summed E-state index contributed by atoms with van der Waals surface area (Å²) in [4.78, 5) is 9.05. The molecule has 2 N–H and O–H groups in total. The number of pyridine rings is 2. The molecule has 7 nitrogen and oxygen atoms in total. The summed E-state index contributed by atoms with van der Waals surface area (Å²) in [6.45, 7) is 0. The first-order chi connectivity index (χ1) is 10.8. The monoisotopic (exact) mass is 291 g/mol. The van der Waals surface area contributed by atoms with Gasteiger partial charge in [-0.05, 0) is 18.2 Å². The highest BCUT2D eigenvalue weighted by Gasteiger charge is 2.05. The van der Waals surface area contributed by atoms with Crippen molar-refractivity contribution in [2.75, 3.05) is 5.32 Å². The molecule has 4 aromatic rings. The number of anilines is 2. The molecule has 0 aliphatic carbocycles. The van der Waals surface area contributed by atoms with Crippen LogP contribution < -0.4 is 5.32 Å². The largest absolute Gasteiger partial charge is 0.325 e. The predicted octanol–water partition coefficient (Wildman–Crippen LogP) is 2.50. The Balaban J connectivity index is 1.74. The van der Waals surface area contributed by atoms with Gasteiger partial charge in [0.05, 0.1) is 23.4 Å². The molecule has 0 radical (unpaired) electrons. The summed E-state index contributed by atoms with van der Waals surface area (Å²) in [6.07, 6.45) is 7.29. The Morgan fingerprint density at radius 3 is 2.82 bits per heavy atom.